The summed E-state index contributed by atoms with van der Waals surface area (Å²) in [6, 6.07) is 29.4. The predicted octanol–water partition coefficient (Wildman–Crippen LogP) is 5.86. The molecule has 1 fully saturated rings. The second-order valence-corrected chi connectivity index (χ2v) is 7.02. The summed E-state index contributed by atoms with van der Waals surface area (Å²) in [7, 11) is 0. The zero-order valence-corrected chi connectivity index (χ0v) is 15.1. The molecular formula is C24H25NO. The number of para-hydroxylation sites is 1. The Hall–Kier alpha value is -2.58. The number of nitrogens with zero attached hydrogens (tertiary/aromatic N) is 1. The molecule has 3 aromatic carbocycles. The standard InChI is InChI=1S/C24H25NO/c1-3-9-21(10-4-1)22-14-16-25(17-15-22)19-20-8-7-13-24(18-20)26-23-11-5-2-6-12-23/h1-13,18,22H,14-17,19H2. The molecule has 4 rings (SSSR count). The molecule has 0 unspecified atom stereocenters. The van der Waals surface area contributed by atoms with Gasteiger partial charge < -0.3 is 4.74 Å². The normalized spacial score (nSPS) is 15.7. The first-order valence-corrected chi connectivity index (χ1v) is 9.46. The number of ether oxygens (including phenoxy) is 1. The van der Waals surface area contributed by atoms with Gasteiger partial charge in [0.05, 0.1) is 0 Å². The summed E-state index contributed by atoms with van der Waals surface area (Å²) in [6.07, 6.45) is 2.48. The van der Waals surface area contributed by atoms with Gasteiger partial charge in [0.15, 0.2) is 0 Å². The fourth-order valence-corrected chi connectivity index (χ4v) is 3.74. The molecule has 1 aliphatic rings. The van der Waals surface area contributed by atoms with Crippen LogP contribution in [0.25, 0.3) is 0 Å². The Morgan fingerprint density at radius 2 is 1.38 bits per heavy atom. The third-order valence-electron chi connectivity index (χ3n) is 5.14. The predicted molar refractivity (Wildman–Crippen MR) is 107 cm³/mol. The third kappa shape index (κ3) is 4.33. The van der Waals surface area contributed by atoms with E-state index in [1.165, 1.54) is 24.0 Å². The van der Waals surface area contributed by atoms with Gasteiger partial charge in [-0.05, 0) is 67.2 Å². The largest absolute Gasteiger partial charge is 0.457 e. The Morgan fingerprint density at radius 1 is 0.731 bits per heavy atom. The van der Waals surface area contributed by atoms with Crippen molar-refractivity contribution in [3.8, 4) is 11.5 Å². The fraction of sp³-hybridized carbons (Fsp3) is 0.250. The Balaban J connectivity index is 1.34. The lowest BCUT2D eigenvalue weighted by Gasteiger charge is -2.32. The summed E-state index contributed by atoms with van der Waals surface area (Å²) in [5, 5.41) is 0. The zero-order chi connectivity index (χ0) is 17.6. The maximum absolute atomic E-state index is 5.96. The number of benzene rings is 3. The van der Waals surface area contributed by atoms with Crippen LogP contribution in [0.3, 0.4) is 0 Å². The van der Waals surface area contributed by atoms with Gasteiger partial charge in [-0.25, -0.2) is 0 Å². The minimum absolute atomic E-state index is 0.709. The summed E-state index contributed by atoms with van der Waals surface area (Å²) in [4.78, 5) is 2.56. The molecule has 1 saturated heterocycles. The molecule has 0 bridgehead atoms. The van der Waals surface area contributed by atoms with Gasteiger partial charge in [-0.1, -0.05) is 60.7 Å². The highest BCUT2D eigenvalue weighted by atomic mass is 16.5. The number of piperidine rings is 1. The number of likely N-dealkylation sites (tertiary alicyclic amines) is 1. The molecule has 2 nitrogen and oxygen atoms in total. The van der Waals surface area contributed by atoms with Crippen LogP contribution < -0.4 is 4.74 Å². The van der Waals surface area contributed by atoms with Crippen LogP contribution >= 0.6 is 0 Å². The average molecular weight is 343 g/mol. The molecule has 0 saturated carbocycles. The van der Waals surface area contributed by atoms with Gasteiger partial charge in [-0.2, -0.15) is 0 Å². The minimum atomic E-state index is 0.709. The monoisotopic (exact) mass is 343 g/mol. The van der Waals surface area contributed by atoms with Gasteiger partial charge in [0, 0.05) is 6.54 Å². The van der Waals surface area contributed by atoms with Crippen LogP contribution in [-0.4, -0.2) is 18.0 Å². The Labute approximate surface area is 156 Å². The Kier molecular flexibility index (Phi) is 5.32. The molecule has 1 aliphatic heterocycles. The van der Waals surface area contributed by atoms with Crippen LogP contribution in [0.2, 0.25) is 0 Å². The van der Waals surface area contributed by atoms with Crippen molar-refractivity contribution in [2.45, 2.75) is 25.3 Å². The number of hydrogen-bond donors (Lipinski definition) is 0. The second kappa shape index (κ2) is 8.20. The first kappa shape index (κ1) is 16.9. The topological polar surface area (TPSA) is 12.5 Å². The van der Waals surface area contributed by atoms with E-state index < -0.39 is 0 Å². The number of rotatable bonds is 5. The Morgan fingerprint density at radius 3 is 2.12 bits per heavy atom. The van der Waals surface area contributed by atoms with Crippen LogP contribution in [0.4, 0.5) is 0 Å². The van der Waals surface area contributed by atoms with Crippen molar-refractivity contribution in [2.24, 2.45) is 0 Å². The van der Waals surface area contributed by atoms with Crippen molar-refractivity contribution in [3.05, 3.63) is 96.1 Å². The molecule has 0 radical (unpaired) electrons. The highest BCUT2D eigenvalue weighted by Crippen LogP contribution is 2.29. The fourth-order valence-electron chi connectivity index (χ4n) is 3.74. The summed E-state index contributed by atoms with van der Waals surface area (Å²) < 4.78 is 5.96. The summed E-state index contributed by atoms with van der Waals surface area (Å²) in [5.41, 5.74) is 2.81. The van der Waals surface area contributed by atoms with Gasteiger partial charge in [0.1, 0.15) is 11.5 Å². The molecule has 0 aromatic heterocycles. The first-order chi connectivity index (χ1) is 12.9. The van der Waals surface area contributed by atoms with E-state index >= 15 is 0 Å². The molecule has 26 heavy (non-hydrogen) atoms. The van der Waals surface area contributed by atoms with Gasteiger partial charge >= 0.3 is 0 Å². The molecule has 1 heterocycles. The van der Waals surface area contributed by atoms with E-state index in [-0.39, 0.29) is 0 Å². The van der Waals surface area contributed by atoms with Crippen molar-refractivity contribution in [1.82, 2.24) is 4.90 Å². The van der Waals surface area contributed by atoms with Crippen molar-refractivity contribution >= 4 is 0 Å². The van der Waals surface area contributed by atoms with Crippen LogP contribution in [0, 0.1) is 0 Å². The average Bonchev–Trinajstić information content (AvgIpc) is 2.70. The van der Waals surface area contributed by atoms with Crippen molar-refractivity contribution in [3.63, 3.8) is 0 Å². The van der Waals surface area contributed by atoms with Gasteiger partial charge in [-0.3, -0.25) is 4.90 Å². The molecule has 0 amide bonds. The van der Waals surface area contributed by atoms with E-state index in [9.17, 15) is 0 Å². The van der Waals surface area contributed by atoms with Gasteiger partial charge in [0.25, 0.3) is 0 Å². The third-order valence-corrected chi connectivity index (χ3v) is 5.14. The van der Waals surface area contributed by atoms with Crippen molar-refractivity contribution < 1.29 is 4.74 Å². The van der Waals surface area contributed by atoms with E-state index in [4.69, 9.17) is 4.74 Å². The van der Waals surface area contributed by atoms with E-state index in [1.54, 1.807) is 0 Å². The lowest BCUT2D eigenvalue weighted by atomic mass is 9.89. The van der Waals surface area contributed by atoms with Gasteiger partial charge in [0.2, 0.25) is 0 Å². The summed E-state index contributed by atoms with van der Waals surface area (Å²) >= 11 is 0. The number of hydrogen-bond acceptors (Lipinski definition) is 2. The quantitative estimate of drug-likeness (QED) is 0.575. The van der Waals surface area contributed by atoms with Crippen molar-refractivity contribution in [2.75, 3.05) is 13.1 Å². The molecule has 3 aromatic rings. The highest BCUT2D eigenvalue weighted by molar-refractivity contribution is 5.34. The van der Waals surface area contributed by atoms with Crippen LogP contribution in [-0.2, 0) is 6.54 Å². The van der Waals surface area contributed by atoms with Crippen LogP contribution in [0.15, 0.2) is 84.9 Å². The van der Waals surface area contributed by atoms with E-state index in [1.807, 2.05) is 36.4 Å². The maximum atomic E-state index is 5.96. The maximum Gasteiger partial charge on any atom is 0.127 e. The summed E-state index contributed by atoms with van der Waals surface area (Å²) in [6.45, 7) is 3.31. The molecule has 0 aliphatic carbocycles. The highest BCUT2D eigenvalue weighted by Gasteiger charge is 2.20. The van der Waals surface area contributed by atoms with E-state index in [0.29, 0.717) is 5.92 Å². The molecule has 0 atom stereocenters. The minimum Gasteiger partial charge on any atom is -0.457 e. The smallest absolute Gasteiger partial charge is 0.127 e. The van der Waals surface area contributed by atoms with Crippen LogP contribution in [0.1, 0.15) is 29.9 Å². The Bertz CT molecular complexity index is 808. The van der Waals surface area contributed by atoms with E-state index in [0.717, 1.165) is 31.1 Å². The SMILES string of the molecule is c1ccc(Oc2cccc(CN3CCC(c4ccccc4)CC3)c2)cc1. The molecule has 2 heteroatoms. The van der Waals surface area contributed by atoms with E-state index in [2.05, 4.69) is 53.4 Å². The van der Waals surface area contributed by atoms with Gasteiger partial charge in [-0.15, -0.1) is 0 Å². The molecule has 0 N–H and O–H groups in total. The lowest BCUT2D eigenvalue weighted by molar-refractivity contribution is 0.204. The van der Waals surface area contributed by atoms with Crippen LogP contribution in [0.5, 0.6) is 11.5 Å². The lowest BCUT2D eigenvalue weighted by Crippen LogP contribution is -2.32. The summed E-state index contributed by atoms with van der Waals surface area (Å²) in [5.74, 6) is 2.50. The van der Waals surface area contributed by atoms with Crippen molar-refractivity contribution in [1.29, 1.82) is 0 Å². The first-order valence-electron chi connectivity index (χ1n) is 9.46. The second-order valence-electron chi connectivity index (χ2n) is 7.02. The zero-order valence-electron chi connectivity index (χ0n) is 15.1. The molecule has 132 valence electrons. The molecule has 0 spiro atoms. The molecular weight excluding hydrogens is 318 g/mol.